The molecule has 1 N–H and O–H groups in total. The third-order valence-electron chi connectivity index (χ3n) is 3.82. The molecule has 140 valence electrons. The number of amides is 1. The number of aliphatic carboxylic acids is 1. The fraction of sp³-hybridized carbons (Fsp3) is 0.412. The van der Waals surface area contributed by atoms with Crippen LogP contribution in [0.25, 0.3) is 0 Å². The molecule has 1 heterocycles. The van der Waals surface area contributed by atoms with Gasteiger partial charge in [-0.2, -0.15) is 0 Å². The molecule has 1 aliphatic heterocycles. The van der Waals surface area contributed by atoms with Crippen molar-refractivity contribution in [2.45, 2.75) is 24.6 Å². The second kappa shape index (κ2) is 9.09. The first kappa shape index (κ1) is 20.3. The van der Waals surface area contributed by atoms with Gasteiger partial charge in [0.1, 0.15) is 11.8 Å². The molecule has 0 bridgehead atoms. The van der Waals surface area contributed by atoms with Crippen molar-refractivity contribution in [3.05, 3.63) is 29.8 Å². The molecule has 1 aromatic carbocycles. The number of ether oxygens (including phenoxy) is 1. The molecule has 1 fully saturated rings. The van der Waals surface area contributed by atoms with Crippen LogP contribution in [0, 0.1) is 0 Å². The maximum atomic E-state index is 12.8. The number of carbonyl (C=O) groups is 4. The zero-order chi connectivity index (χ0) is 19.3. The van der Waals surface area contributed by atoms with Gasteiger partial charge >= 0.3 is 5.97 Å². The molecule has 2 atom stereocenters. The Labute approximate surface area is 159 Å². The lowest BCUT2D eigenvalue weighted by molar-refractivity contribution is -0.147. The monoisotopic (exact) mass is 397 g/mol. The van der Waals surface area contributed by atoms with E-state index in [2.05, 4.69) is 0 Å². The van der Waals surface area contributed by atoms with Gasteiger partial charge in [-0.05, 0) is 24.3 Å². The normalized spacial score (nSPS) is 17.6. The summed E-state index contributed by atoms with van der Waals surface area (Å²) in [6, 6.07) is 5.53. The summed E-state index contributed by atoms with van der Waals surface area (Å²) < 4.78 is 5.04. The van der Waals surface area contributed by atoms with Gasteiger partial charge in [-0.25, -0.2) is 4.79 Å². The molecule has 0 spiro atoms. The Morgan fingerprint density at radius 2 is 1.96 bits per heavy atom. The molecule has 1 aliphatic rings. The van der Waals surface area contributed by atoms with E-state index in [4.69, 9.17) is 4.74 Å². The van der Waals surface area contributed by atoms with E-state index in [0.717, 1.165) is 11.8 Å². The van der Waals surface area contributed by atoms with Crippen molar-refractivity contribution in [1.29, 1.82) is 0 Å². The van der Waals surface area contributed by atoms with Crippen LogP contribution in [-0.4, -0.2) is 62.8 Å². The second-order valence-corrected chi connectivity index (χ2v) is 8.00. The molecule has 0 saturated carbocycles. The van der Waals surface area contributed by atoms with E-state index in [1.54, 1.807) is 24.3 Å². The molecule has 2 rings (SSSR count). The molecule has 7 nitrogen and oxygen atoms in total. The fourth-order valence-corrected chi connectivity index (χ4v) is 4.52. The first-order valence-electron chi connectivity index (χ1n) is 7.79. The molecule has 1 amide bonds. The largest absolute Gasteiger partial charge is 0.497 e. The Hall–Kier alpha value is -2.00. The minimum Gasteiger partial charge on any atom is -0.497 e. The average Bonchev–Trinajstić information content (AvgIpc) is 3.10. The first-order valence-corrected chi connectivity index (χ1v) is 9.82. The number of ketones is 1. The SMILES string of the molecule is COc1ccc(C(=O)CC(SC(C)=O)C(=O)N2CSC[C@H]2C(=O)O)cc1. The van der Waals surface area contributed by atoms with Gasteiger partial charge in [0.25, 0.3) is 0 Å². The zero-order valence-electron chi connectivity index (χ0n) is 14.3. The fourth-order valence-electron chi connectivity index (χ4n) is 2.49. The number of benzene rings is 1. The maximum absolute atomic E-state index is 12.8. The number of carboxylic acid groups (broad SMARTS) is 1. The number of carbonyl (C=O) groups excluding carboxylic acids is 3. The number of nitrogens with zero attached hydrogens (tertiary/aromatic N) is 1. The summed E-state index contributed by atoms with van der Waals surface area (Å²) >= 11 is 2.09. The molecule has 1 unspecified atom stereocenters. The standard InChI is InChI=1S/C17H19NO6S2/c1-10(19)26-15(16(21)18-9-25-8-13(18)17(22)23)7-14(20)11-3-5-12(24-2)6-4-11/h3-6,13,15H,7-9H2,1-2H3,(H,22,23)/t13-,15?/m0/s1. The van der Waals surface area contributed by atoms with Crippen molar-refractivity contribution < 1.29 is 29.0 Å². The summed E-state index contributed by atoms with van der Waals surface area (Å²) in [6.07, 6.45) is -0.178. The average molecular weight is 397 g/mol. The highest BCUT2D eigenvalue weighted by atomic mass is 32.2. The van der Waals surface area contributed by atoms with Crippen LogP contribution in [-0.2, 0) is 14.4 Å². The molecular weight excluding hydrogens is 378 g/mol. The lowest BCUT2D eigenvalue weighted by atomic mass is 10.1. The highest BCUT2D eigenvalue weighted by molar-refractivity contribution is 8.14. The van der Waals surface area contributed by atoms with Crippen molar-refractivity contribution >= 4 is 46.3 Å². The van der Waals surface area contributed by atoms with Crippen LogP contribution in [0.3, 0.4) is 0 Å². The molecule has 9 heteroatoms. The van der Waals surface area contributed by atoms with Crippen LogP contribution < -0.4 is 4.74 Å². The lowest BCUT2D eigenvalue weighted by Crippen LogP contribution is -2.46. The van der Waals surface area contributed by atoms with Gasteiger partial charge in [0.05, 0.1) is 18.2 Å². The topological polar surface area (TPSA) is 101 Å². The van der Waals surface area contributed by atoms with E-state index >= 15 is 0 Å². The van der Waals surface area contributed by atoms with Crippen LogP contribution in [0.4, 0.5) is 0 Å². The Morgan fingerprint density at radius 3 is 2.50 bits per heavy atom. The number of hydrogen-bond acceptors (Lipinski definition) is 7. The Bertz CT molecular complexity index is 706. The highest BCUT2D eigenvalue weighted by Gasteiger charge is 2.39. The number of thioether (sulfide) groups is 2. The van der Waals surface area contributed by atoms with E-state index in [9.17, 15) is 24.3 Å². The van der Waals surface area contributed by atoms with E-state index in [1.807, 2.05) is 0 Å². The number of carboxylic acids is 1. The quantitative estimate of drug-likeness (QED) is 0.696. The molecular formula is C17H19NO6S2. The molecule has 1 saturated heterocycles. The lowest BCUT2D eigenvalue weighted by Gasteiger charge is -2.25. The zero-order valence-corrected chi connectivity index (χ0v) is 16.0. The number of hydrogen-bond donors (Lipinski definition) is 1. The van der Waals surface area contributed by atoms with E-state index in [1.165, 1.54) is 30.7 Å². The third-order valence-corrected chi connectivity index (χ3v) is 5.81. The third kappa shape index (κ3) is 5.01. The van der Waals surface area contributed by atoms with E-state index in [-0.39, 0.29) is 23.2 Å². The summed E-state index contributed by atoms with van der Waals surface area (Å²) in [5.74, 6) is -0.739. The van der Waals surface area contributed by atoms with Crippen LogP contribution in [0.5, 0.6) is 5.75 Å². The van der Waals surface area contributed by atoms with Gasteiger partial charge in [-0.3, -0.25) is 14.4 Å². The van der Waals surface area contributed by atoms with Crippen molar-refractivity contribution in [3.8, 4) is 5.75 Å². The predicted octanol–water partition coefficient (Wildman–Crippen LogP) is 1.90. The number of rotatable bonds is 7. The smallest absolute Gasteiger partial charge is 0.327 e. The highest BCUT2D eigenvalue weighted by Crippen LogP contribution is 2.27. The van der Waals surface area contributed by atoms with Gasteiger partial charge in [-0.1, -0.05) is 11.8 Å². The Kier molecular flexibility index (Phi) is 7.10. The van der Waals surface area contributed by atoms with Gasteiger partial charge in [-0.15, -0.1) is 11.8 Å². The van der Waals surface area contributed by atoms with Gasteiger partial charge in [0.15, 0.2) is 10.9 Å². The Morgan fingerprint density at radius 1 is 1.31 bits per heavy atom. The first-order chi connectivity index (χ1) is 12.3. The van der Waals surface area contributed by atoms with Crippen molar-refractivity contribution in [2.24, 2.45) is 0 Å². The van der Waals surface area contributed by atoms with Crippen molar-refractivity contribution in [2.75, 3.05) is 18.7 Å². The van der Waals surface area contributed by atoms with Gasteiger partial charge < -0.3 is 14.7 Å². The number of Topliss-reactive ketones (excluding diaryl/α,β-unsaturated/α-hetero) is 1. The maximum Gasteiger partial charge on any atom is 0.327 e. The second-order valence-electron chi connectivity index (χ2n) is 5.62. The summed E-state index contributed by atoms with van der Waals surface area (Å²) in [7, 11) is 1.52. The summed E-state index contributed by atoms with van der Waals surface area (Å²) in [5.41, 5.74) is 0.401. The predicted molar refractivity (Wildman–Crippen MR) is 99.6 cm³/mol. The molecule has 0 aliphatic carbocycles. The molecule has 0 radical (unpaired) electrons. The van der Waals surface area contributed by atoms with Gasteiger partial charge in [0, 0.05) is 24.7 Å². The van der Waals surface area contributed by atoms with Crippen molar-refractivity contribution in [3.63, 3.8) is 0 Å². The van der Waals surface area contributed by atoms with Gasteiger partial charge in [0.2, 0.25) is 5.91 Å². The Balaban J connectivity index is 2.15. The summed E-state index contributed by atoms with van der Waals surface area (Å²) in [6.45, 7) is 1.32. The van der Waals surface area contributed by atoms with Crippen LogP contribution in [0.1, 0.15) is 23.7 Å². The van der Waals surface area contributed by atoms with Crippen molar-refractivity contribution in [1.82, 2.24) is 4.90 Å². The summed E-state index contributed by atoms with van der Waals surface area (Å²) in [5, 5.41) is 8.00. The van der Waals surface area contributed by atoms with E-state index < -0.39 is 23.2 Å². The molecule has 0 aromatic heterocycles. The minimum atomic E-state index is -1.09. The van der Waals surface area contributed by atoms with E-state index in [0.29, 0.717) is 17.1 Å². The summed E-state index contributed by atoms with van der Waals surface area (Å²) in [4.78, 5) is 49.4. The molecule has 1 aromatic rings. The number of methoxy groups -OCH3 is 1. The van der Waals surface area contributed by atoms with Crippen LogP contribution in [0.2, 0.25) is 0 Å². The minimum absolute atomic E-state index is 0.178. The van der Waals surface area contributed by atoms with Crippen LogP contribution >= 0.6 is 23.5 Å². The molecule has 26 heavy (non-hydrogen) atoms. The van der Waals surface area contributed by atoms with Crippen LogP contribution in [0.15, 0.2) is 24.3 Å².